The quantitative estimate of drug-likeness (QED) is 0.703. The molecular formula is C12H26N2. The normalized spacial score (nSPS) is 27.4. The molecule has 1 aliphatic rings. The second kappa shape index (κ2) is 6.41. The topological polar surface area (TPSA) is 15.3 Å². The molecule has 0 radical (unpaired) electrons. The van der Waals surface area contributed by atoms with Crippen molar-refractivity contribution >= 4 is 0 Å². The Kier molecular flexibility index (Phi) is 5.49. The first-order chi connectivity index (χ1) is 6.74. The minimum atomic E-state index is 0.777. The summed E-state index contributed by atoms with van der Waals surface area (Å²) in [5.41, 5.74) is 0. The number of hydrogen-bond acceptors (Lipinski definition) is 2. The molecule has 0 aromatic carbocycles. The van der Waals surface area contributed by atoms with Crippen molar-refractivity contribution in [1.29, 1.82) is 0 Å². The van der Waals surface area contributed by atoms with Crippen LogP contribution in [0, 0.1) is 5.92 Å². The minimum Gasteiger partial charge on any atom is -0.314 e. The van der Waals surface area contributed by atoms with Crippen molar-refractivity contribution in [2.75, 3.05) is 26.7 Å². The molecule has 84 valence electrons. The highest BCUT2D eigenvalue weighted by atomic mass is 15.1. The Hall–Kier alpha value is -0.0800. The molecule has 0 bridgehead atoms. The van der Waals surface area contributed by atoms with Crippen LogP contribution in [0.25, 0.3) is 0 Å². The molecule has 0 saturated carbocycles. The molecule has 14 heavy (non-hydrogen) atoms. The Morgan fingerprint density at radius 1 is 1.36 bits per heavy atom. The summed E-state index contributed by atoms with van der Waals surface area (Å²) in [7, 11) is 2.25. The summed E-state index contributed by atoms with van der Waals surface area (Å²) >= 11 is 0. The Bertz CT molecular complexity index is 147. The molecule has 1 saturated heterocycles. The van der Waals surface area contributed by atoms with Crippen molar-refractivity contribution in [3.05, 3.63) is 0 Å². The standard InChI is InChI=1S/C12H26N2/c1-4-5-9-14(3)10-7-12-11(2)6-8-13-12/h11-13H,4-10H2,1-3H3. The molecule has 2 nitrogen and oxygen atoms in total. The van der Waals surface area contributed by atoms with Gasteiger partial charge in [-0.05, 0) is 51.9 Å². The van der Waals surface area contributed by atoms with Gasteiger partial charge in [-0.2, -0.15) is 0 Å². The zero-order chi connectivity index (χ0) is 10.4. The van der Waals surface area contributed by atoms with Crippen LogP contribution in [0.3, 0.4) is 0 Å². The Labute approximate surface area is 89.1 Å². The van der Waals surface area contributed by atoms with Gasteiger partial charge in [0, 0.05) is 6.04 Å². The third-order valence-corrected chi connectivity index (χ3v) is 3.41. The maximum absolute atomic E-state index is 3.59. The van der Waals surface area contributed by atoms with Gasteiger partial charge in [-0.15, -0.1) is 0 Å². The molecule has 1 fully saturated rings. The van der Waals surface area contributed by atoms with Gasteiger partial charge in [0.25, 0.3) is 0 Å². The largest absolute Gasteiger partial charge is 0.314 e. The van der Waals surface area contributed by atoms with E-state index in [1.54, 1.807) is 0 Å². The van der Waals surface area contributed by atoms with Gasteiger partial charge in [0.15, 0.2) is 0 Å². The molecule has 1 heterocycles. The Morgan fingerprint density at radius 3 is 2.71 bits per heavy atom. The summed E-state index contributed by atoms with van der Waals surface area (Å²) in [5.74, 6) is 0.884. The minimum absolute atomic E-state index is 0.777. The molecule has 2 heteroatoms. The highest BCUT2D eigenvalue weighted by Crippen LogP contribution is 2.17. The van der Waals surface area contributed by atoms with Gasteiger partial charge in [0.1, 0.15) is 0 Å². The SMILES string of the molecule is CCCCN(C)CCC1NCCC1C. The van der Waals surface area contributed by atoms with E-state index in [4.69, 9.17) is 0 Å². The molecule has 0 spiro atoms. The third-order valence-electron chi connectivity index (χ3n) is 3.41. The Morgan fingerprint density at radius 2 is 2.14 bits per heavy atom. The molecule has 0 amide bonds. The number of unbranched alkanes of at least 4 members (excludes halogenated alkanes) is 1. The van der Waals surface area contributed by atoms with E-state index in [2.05, 4.69) is 31.1 Å². The monoisotopic (exact) mass is 198 g/mol. The first-order valence-electron chi connectivity index (χ1n) is 6.16. The van der Waals surface area contributed by atoms with E-state index in [0.717, 1.165) is 12.0 Å². The molecule has 2 atom stereocenters. The van der Waals surface area contributed by atoms with Crippen LogP contribution in [-0.4, -0.2) is 37.6 Å². The smallest absolute Gasteiger partial charge is 0.0105 e. The first kappa shape index (κ1) is 12.0. The fourth-order valence-corrected chi connectivity index (χ4v) is 2.18. The fraction of sp³-hybridized carbons (Fsp3) is 1.00. The van der Waals surface area contributed by atoms with Crippen molar-refractivity contribution in [1.82, 2.24) is 10.2 Å². The third kappa shape index (κ3) is 3.97. The summed E-state index contributed by atoms with van der Waals surface area (Å²) in [6.45, 7) is 8.37. The molecule has 1 N–H and O–H groups in total. The fourth-order valence-electron chi connectivity index (χ4n) is 2.18. The second-order valence-corrected chi connectivity index (χ2v) is 4.77. The van der Waals surface area contributed by atoms with E-state index in [-0.39, 0.29) is 0 Å². The van der Waals surface area contributed by atoms with Crippen LogP contribution in [0.5, 0.6) is 0 Å². The average Bonchev–Trinajstić information content (AvgIpc) is 2.58. The summed E-state index contributed by atoms with van der Waals surface area (Å²) < 4.78 is 0. The highest BCUT2D eigenvalue weighted by molar-refractivity contribution is 4.81. The average molecular weight is 198 g/mol. The van der Waals surface area contributed by atoms with Crippen molar-refractivity contribution < 1.29 is 0 Å². The van der Waals surface area contributed by atoms with E-state index in [0.29, 0.717) is 0 Å². The predicted octanol–water partition coefficient (Wildman–Crippen LogP) is 2.11. The van der Waals surface area contributed by atoms with Crippen LogP contribution in [0.4, 0.5) is 0 Å². The highest BCUT2D eigenvalue weighted by Gasteiger charge is 2.22. The lowest BCUT2D eigenvalue weighted by Gasteiger charge is -2.21. The van der Waals surface area contributed by atoms with E-state index in [1.165, 1.54) is 45.3 Å². The molecule has 1 aliphatic heterocycles. The molecular weight excluding hydrogens is 172 g/mol. The number of nitrogens with one attached hydrogen (secondary N) is 1. The van der Waals surface area contributed by atoms with Gasteiger partial charge in [-0.1, -0.05) is 20.3 Å². The van der Waals surface area contributed by atoms with Crippen molar-refractivity contribution in [3.8, 4) is 0 Å². The number of rotatable bonds is 6. The van der Waals surface area contributed by atoms with E-state index in [9.17, 15) is 0 Å². The van der Waals surface area contributed by atoms with Crippen molar-refractivity contribution in [2.24, 2.45) is 5.92 Å². The lowest BCUT2D eigenvalue weighted by Crippen LogP contribution is -2.31. The lowest BCUT2D eigenvalue weighted by atomic mass is 10.0. The van der Waals surface area contributed by atoms with Crippen LogP contribution in [0.1, 0.15) is 39.5 Å². The summed E-state index contributed by atoms with van der Waals surface area (Å²) in [6, 6.07) is 0.777. The molecule has 0 aromatic rings. The molecule has 1 rings (SSSR count). The molecule has 0 aromatic heterocycles. The van der Waals surface area contributed by atoms with Gasteiger partial charge >= 0.3 is 0 Å². The van der Waals surface area contributed by atoms with Crippen LogP contribution in [-0.2, 0) is 0 Å². The zero-order valence-electron chi connectivity index (χ0n) is 10.1. The number of hydrogen-bond donors (Lipinski definition) is 1. The van der Waals surface area contributed by atoms with Crippen molar-refractivity contribution in [3.63, 3.8) is 0 Å². The van der Waals surface area contributed by atoms with Gasteiger partial charge in [-0.3, -0.25) is 0 Å². The van der Waals surface area contributed by atoms with Crippen LogP contribution >= 0.6 is 0 Å². The van der Waals surface area contributed by atoms with Gasteiger partial charge < -0.3 is 10.2 Å². The lowest BCUT2D eigenvalue weighted by molar-refractivity contribution is 0.295. The van der Waals surface area contributed by atoms with Gasteiger partial charge in [0.2, 0.25) is 0 Å². The molecule has 0 aliphatic carbocycles. The summed E-state index contributed by atoms with van der Waals surface area (Å²) in [5, 5.41) is 3.59. The maximum atomic E-state index is 3.59. The summed E-state index contributed by atoms with van der Waals surface area (Å²) in [6.07, 6.45) is 5.33. The van der Waals surface area contributed by atoms with Crippen LogP contribution in [0.2, 0.25) is 0 Å². The van der Waals surface area contributed by atoms with Gasteiger partial charge in [0.05, 0.1) is 0 Å². The van der Waals surface area contributed by atoms with Crippen LogP contribution < -0.4 is 5.32 Å². The summed E-state index contributed by atoms with van der Waals surface area (Å²) in [4.78, 5) is 2.47. The predicted molar refractivity (Wildman–Crippen MR) is 62.6 cm³/mol. The van der Waals surface area contributed by atoms with E-state index in [1.807, 2.05) is 0 Å². The first-order valence-corrected chi connectivity index (χ1v) is 6.16. The van der Waals surface area contributed by atoms with Crippen LogP contribution in [0.15, 0.2) is 0 Å². The van der Waals surface area contributed by atoms with E-state index >= 15 is 0 Å². The Balaban J connectivity index is 2.07. The zero-order valence-corrected chi connectivity index (χ0v) is 10.1. The number of nitrogens with zero attached hydrogens (tertiary/aromatic N) is 1. The van der Waals surface area contributed by atoms with E-state index < -0.39 is 0 Å². The molecule has 2 unspecified atom stereocenters. The second-order valence-electron chi connectivity index (χ2n) is 4.77. The van der Waals surface area contributed by atoms with Crippen molar-refractivity contribution in [2.45, 2.75) is 45.6 Å². The van der Waals surface area contributed by atoms with Gasteiger partial charge in [-0.25, -0.2) is 0 Å². The maximum Gasteiger partial charge on any atom is 0.0105 e.